The fourth-order valence-electron chi connectivity index (χ4n) is 1.32. The molecule has 0 amide bonds. The lowest BCUT2D eigenvalue weighted by Crippen LogP contribution is -2.25. The standard InChI is InChI=1S/C11H13F3N2O3/c12-11(13,14)4-1-5-19-10(18)7-16-6-8(15)2-3-9(16)17/h2-3,6H,1,4-5,7,15H2. The fourth-order valence-corrected chi connectivity index (χ4v) is 1.32. The van der Waals surface area contributed by atoms with Crippen molar-refractivity contribution in [2.45, 2.75) is 25.6 Å². The molecule has 19 heavy (non-hydrogen) atoms. The number of aromatic nitrogens is 1. The van der Waals surface area contributed by atoms with E-state index in [1.54, 1.807) is 0 Å². The van der Waals surface area contributed by atoms with Crippen LogP contribution in [0.15, 0.2) is 23.1 Å². The van der Waals surface area contributed by atoms with E-state index in [1.165, 1.54) is 18.3 Å². The zero-order valence-corrected chi connectivity index (χ0v) is 9.94. The van der Waals surface area contributed by atoms with Crippen LogP contribution in [-0.2, 0) is 16.1 Å². The summed E-state index contributed by atoms with van der Waals surface area (Å²) in [5.74, 6) is -0.783. The molecule has 0 aliphatic carbocycles. The summed E-state index contributed by atoms with van der Waals surface area (Å²) in [6, 6.07) is 2.57. The van der Waals surface area contributed by atoms with Crippen molar-refractivity contribution in [3.8, 4) is 0 Å². The smallest absolute Gasteiger partial charge is 0.389 e. The van der Waals surface area contributed by atoms with E-state index in [0.29, 0.717) is 5.69 Å². The van der Waals surface area contributed by atoms with E-state index in [-0.39, 0.29) is 19.6 Å². The van der Waals surface area contributed by atoms with Gasteiger partial charge in [-0.3, -0.25) is 9.59 Å². The average molecular weight is 278 g/mol. The largest absolute Gasteiger partial charge is 0.464 e. The molecular weight excluding hydrogens is 265 g/mol. The molecule has 1 heterocycles. The average Bonchev–Trinajstić information content (AvgIpc) is 2.28. The van der Waals surface area contributed by atoms with Crippen molar-refractivity contribution < 1.29 is 22.7 Å². The number of nitrogens with two attached hydrogens (primary N) is 1. The van der Waals surface area contributed by atoms with Crippen molar-refractivity contribution in [2.75, 3.05) is 12.3 Å². The Hall–Kier alpha value is -1.99. The van der Waals surface area contributed by atoms with E-state index in [4.69, 9.17) is 5.73 Å². The molecule has 0 saturated carbocycles. The summed E-state index contributed by atoms with van der Waals surface area (Å²) in [7, 11) is 0. The lowest BCUT2D eigenvalue weighted by Gasteiger charge is -2.08. The van der Waals surface area contributed by atoms with Crippen molar-refractivity contribution >= 4 is 11.7 Å². The number of esters is 1. The quantitative estimate of drug-likeness (QED) is 0.651. The minimum atomic E-state index is -4.27. The van der Waals surface area contributed by atoms with Crippen LogP contribution in [0, 0.1) is 0 Å². The molecule has 106 valence electrons. The molecule has 1 rings (SSSR count). The number of alkyl halides is 3. The molecule has 0 unspecified atom stereocenters. The van der Waals surface area contributed by atoms with E-state index in [2.05, 4.69) is 4.74 Å². The summed E-state index contributed by atoms with van der Waals surface area (Å²) in [5, 5.41) is 0. The molecule has 0 radical (unpaired) electrons. The first-order valence-corrected chi connectivity index (χ1v) is 5.46. The monoisotopic (exact) mass is 278 g/mol. The number of hydrogen-bond donors (Lipinski definition) is 1. The molecule has 0 bridgehead atoms. The van der Waals surface area contributed by atoms with Gasteiger partial charge in [0.05, 0.1) is 6.61 Å². The molecule has 0 aliphatic heterocycles. The molecule has 1 aromatic heterocycles. The Kier molecular flexibility index (Phi) is 4.96. The van der Waals surface area contributed by atoms with Gasteiger partial charge in [-0.05, 0) is 12.5 Å². The minimum absolute atomic E-state index is 0.296. The van der Waals surface area contributed by atoms with Crippen LogP contribution in [0.5, 0.6) is 0 Å². The van der Waals surface area contributed by atoms with Crippen LogP contribution in [-0.4, -0.2) is 23.3 Å². The van der Waals surface area contributed by atoms with Crippen LogP contribution in [0.4, 0.5) is 18.9 Å². The van der Waals surface area contributed by atoms with Gasteiger partial charge < -0.3 is 15.0 Å². The first-order valence-electron chi connectivity index (χ1n) is 5.46. The molecule has 0 spiro atoms. The van der Waals surface area contributed by atoms with Crippen molar-refractivity contribution in [2.24, 2.45) is 0 Å². The van der Waals surface area contributed by atoms with Gasteiger partial charge in [-0.1, -0.05) is 0 Å². The van der Waals surface area contributed by atoms with Crippen molar-refractivity contribution in [3.63, 3.8) is 0 Å². The summed E-state index contributed by atoms with van der Waals surface area (Å²) in [5.41, 5.74) is 5.29. The van der Waals surface area contributed by atoms with Crippen LogP contribution < -0.4 is 11.3 Å². The molecule has 2 N–H and O–H groups in total. The second-order valence-electron chi connectivity index (χ2n) is 3.87. The molecule has 0 aliphatic rings. The molecule has 0 aromatic carbocycles. The zero-order valence-electron chi connectivity index (χ0n) is 9.94. The predicted molar refractivity (Wildman–Crippen MR) is 61.4 cm³/mol. The number of halogens is 3. The molecule has 0 atom stereocenters. The fraction of sp³-hybridized carbons (Fsp3) is 0.455. The maximum Gasteiger partial charge on any atom is 0.389 e. The highest BCUT2D eigenvalue weighted by Gasteiger charge is 2.26. The normalized spacial score (nSPS) is 11.3. The molecular formula is C11H13F3N2O3. The second-order valence-corrected chi connectivity index (χ2v) is 3.87. The number of nitrogens with zero attached hydrogens (tertiary/aromatic N) is 1. The Morgan fingerprint density at radius 3 is 2.68 bits per heavy atom. The summed E-state index contributed by atoms with van der Waals surface area (Å²) < 4.78 is 41.1. The highest BCUT2D eigenvalue weighted by atomic mass is 19.4. The predicted octanol–water partition coefficient (Wildman–Crippen LogP) is 1.32. The Morgan fingerprint density at radius 2 is 2.05 bits per heavy atom. The number of nitrogen functional groups attached to an aromatic ring is 1. The van der Waals surface area contributed by atoms with Crippen molar-refractivity contribution in [1.29, 1.82) is 0 Å². The topological polar surface area (TPSA) is 74.3 Å². The molecule has 8 heteroatoms. The van der Waals surface area contributed by atoms with Gasteiger partial charge in [-0.2, -0.15) is 13.2 Å². The third-order valence-corrected chi connectivity index (χ3v) is 2.17. The van der Waals surface area contributed by atoms with Gasteiger partial charge in [-0.25, -0.2) is 0 Å². The lowest BCUT2D eigenvalue weighted by atomic mass is 10.3. The van der Waals surface area contributed by atoms with E-state index >= 15 is 0 Å². The Morgan fingerprint density at radius 1 is 1.37 bits per heavy atom. The third-order valence-electron chi connectivity index (χ3n) is 2.17. The van der Waals surface area contributed by atoms with Gasteiger partial charge in [-0.15, -0.1) is 0 Å². The summed E-state index contributed by atoms with van der Waals surface area (Å²) in [6.45, 7) is -0.717. The maximum absolute atomic E-state index is 11.8. The van der Waals surface area contributed by atoms with Crippen LogP contribution in [0.1, 0.15) is 12.8 Å². The number of hydrogen-bond acceptors (Lipinski definition) is 4. The number of ether oxygens (including phenoxy) is 1. The summed E-state index contributed by atoms with van der Waals surface area (Å²) in [6.07, 6.45) is -4.32. The molecule has 0 saturated heterocycles. The van der Waals surface area contributed by atoms with Crippen molar-refractivity contribution in [3.05, 3.63) is 28.7 Å². The van der Waals surface area contributed by atoms with Gasteiger partial charge in [0.2, 0.25) is 0 Å². The molecule has 1 aromatic rings. The van der Waals surface area contributed by atoms with Crippen LogP contribution in [0.25, 0.3) is 0 Å². The van der Waals surface area contributed by atoms with Crippen LogP contribution in [0.3, 0.4) is 0 Å². The molecule has 0 fully saturated rings. The number of pyridine rings is 1. The van der Waals surface area contributed by atoms with Crippen LogP contribution >= 0.6 is 0 Å². The second kappa shape index (κ2) is 6.26. The van der Waals surface area contributed by atoms with Gasteiger partial charge >= 0.3 is 12.1 Å². The van der Waals surface area contributed by atoms with Gasteiger partial charge in [0, 0.05) is 24.4 Å². The van der Waals surface area contributed by atoms with E-state index < -0.39 is 24.1 Å². The van der Waals surface area contributed by atoms with E-state index in [0.717, 1.165) is 4.57 Å². The van der Waals surface area contributed by atoms with Gasteiger partial charge in [0.25, 0.3) is 5.56 Å². The Bertz CT molecular complexity index is 497. The summed E-state index contributed by atoms with van der Waals surface area (Å²) >= 11 is 0. The van der Waals surface area contributed by atoms with Crippen molar-refractivity contribution in [1.82, 2.24) is 4.57 Å². The number of carbonyl (C=O) groups excluding carboxylic acids is 1. The number of rotatable bonds is 5. The van der Waals surface area contributed by atoms with E-state index in [9.17, 15) is 22.8 Å². The molecule has 5 nitrogen and oxygen atoms in total. The first kappa shape index (κ1) is 15.1. The lowest BCUT2D eigenvalue weighted by molar-refractivity contribution is -0.150. The number of anilines is 1. The maximum atomic E-state index is 11.8. The Balaban J connectivity index is 2.39. The Labute approximate surface area is 106 Å². The highest BCUT2D eigenvalue weighted by Crippen LogP contribution is 2.20. The van der Waals surface area contributed by atoms with Crippen LogP contribution in [0.2, 0.25) is 0 Å². The number of carbonyl (C=O) groups is 1. The summed E-state index contributed by atoms with van der Waals surface area (Å²) in [4.78, 5) is 22.6. The minimum Gasteiger partial charge on any atom is -0.464 e. The third kappa shape index (κ3) is 5.94. The van der Waals surface area contributed by atoms with E-state index in [1.807, 2.05) is 0 Å². The van der Waals surface area contributed by atoms with Gasteiger partial charge in [0.15, 0.2) is 0 Å². The zero-order chi connectivity index (χ0) is 14.5. The first-order chi connectivity index (χ1) is 8.78. The highest BCUT2D eigenvalue weighted by molar-refractivity contribution is 5.69. The SMILES string of the molecule is Nc1ccc(=O)n(CC(=O)OCCCC(F)(F)F)c1. The van der Waals surface area contributed by atoms with Gasteiger partial charge in [0.1, 0.15) is 6.54 Å².